The molecule has 0 fully saturated rings. The highest BCUT2D eigenvalue weighted by Gasteiger charge is 2.09. The number of aromatic nitrogens is 1. The second-order valence-electron chi connectivity index (χ2n) is 5.05. The molecule has 2 rings (SSSR count). The number of fused-ring (bicyclic) bond motifs is 1. The maximum Gasteiger partial charge on any atom is 0.0722 e. The fourth-order valence-electron chi connectivity index (χ4n) is 2.37. The quantitative estimate of drug-likeness (QED) is 0.774. The normalized spacial score (nSPS) is 13.0. The van der Waals surface area contributed by atoms with E-state index < -0.39 is 0 Å². The van der Waals surface area contributed by atoms with Gasteiger partial charge in [-0.3, -0.25) is 0 Å². The Bertz CT molecular complexity index is 518. The molecule has 0 saturated heterocycles. The number of nitrogens with one attached hydrogen (secondary N) is 1. The van der Waals surface area contributed by atoms with Gasteiger partial charge in [0, 0.05) is 37.3 Å². The van der Waals surface area contributed by atoms with E-state index in [-0.39, 0.29) is 6.10 Å². The monoisotopic (exact) mass is 260 g/mol. The summed E-state index contributed by atoms with van der Waals surface area (Å²) < 4.78 is 7.67. The molecule has 0 aliphatic heterocycles. The second kappa shape index (κ2) is 6.73. The SMILES string of the molecule is CCCNCc1cn(CC(C)OC)c2ccccc12. The Labute approximate surface area is 115 Å². The molecule has 104 valence electrons. The van der Waals surface area contributed by atoms with Gasteiger partial charge < -0.3 is 14.6 Å². The van der Waals surface area contributed by atoms with Crippen molar-refractivity contribution in [3.05, 3.63) is 36.0 Å². The van der Waals surface area contributed by atoms with Gasteiger partial charge in [-0.15, -0.1) is 0 Å². The van der Waals surface area contributed by atoms with E-state index in [1.807, 2.05) is 0 Å². The maximum atomic E-state index is 5.37. The average Bonchev–Trinajstić information content (AvgIpc) is 2.78. The lowest BCUT2D eigenvalue weighted by Gasteiger charge is -2.11. The van der Waals surface area contributed by atoms with Crippen molar-refractivity contribution in [3.8, 4) is 0 Å². The topological polar surface area (TPSA) is 26.2 Å². The minimum absolute atomic E-state index is 0.229. The number of hydrogen-bond acceptors (Lipinski definition) is 2. The molecule has 1 heterocycles. The molecule has 3 nitrogen and oxygen atoms in total. The van der Waals surface area contributed by atoms with Crippen LogP contribution in [0.1, 0.15) is 25.8 Å². The Morgan fingerprint density at radius 1 is 1.32 bits per heavy atom. The Morgan fingerprint density at radius 2 is 2.11 bits per heavy atom. The van der Waals surface area contributed by atoms with Crippen molar-refractivity contribution in [2.75, 3.05) is 13.7 Å². The highest BCUT2D eigenvalue weighted by Crippen LogP contribution is 2.21. The van der Waals surface area contributed by atoms with Crippen LogP contribution in [0.4, 0.5) is 0 Å². The predicted octanol–water partition coefficient (Wildman–Crippen LogP) is 3.18. The summed E-state index contributed by atoms with van der Waals surface area (Å²) in [5.41, 5.74) is 2.66. The van der Waals surface area contributed by atoms with E-state index >= 15 is 0 Å². The van der Waals surface area contributed by atoms with Gasteiger partial charge in [0.25, 0.3) is 0 Å². The third-order valence-electron chi connectivity index (χ3n) is 3.47. The van der Waals surface area contributed by atoms with Crippen LogP contribution in [0.5, 0.6) is 0 Å². The summed E-state index contributed by atoms with van der Waals surface area (Å²) >= 11 is 0. The minimum Gasteiger partial charge on any atom is -0.380 e. The van der Waals surface area contributed by atoms with E-state index in [4.69, 9.17) is 4.74 Å². The number of nitrogens with zero attached hydrogens (tertiary/aromatic N) is 1. The van der Waals surface area contributed by atoms with Gasteiger partial charge in [-0.05, 0) is 31.5 Å². The van der Waals surface area contributed by atoms with E-state index in [0.717, 1.165) is 19.6 Å². The van der Waals surface area contributed by atoms with Gasteiger partial charge in [0.05, 0.1) is 6.10 Å². The molecule has 2 aromatic rings. The summed E-state index contributed by atoms with van der Waals surface area (Å²) in [7, 11) is 1.76. The molecule has 0 spiro atoms. The summed E-state index contributed by atoms with van der Waals surface area (Å²) in [5.74, 6) is 0. The maximum absolute atomic E-state index is 5.37. The fourth-order valence-corrected chi connectivity index (χ4v) is 2.37. The van der Waals surface area contributed by atoms with Crippen molar-refractivity contribution in [2.24, 2.45) is 0 Å². The van der Waals surface area contributed by atoms with E-state index in [2.05, 4.69) is 54.2 Å². The fraction of sp³-hybridized carbons (Fsp3) is 0.500. The van der Waals surface area contributed by atoms with Gasteiger partial charge in [-0.1, -0.05) is 25.1 Å². The van der Waals surface area contributed by atoms with Crippen LogP contribution in [0, 0.1) is 0 Å². The van der Waals surface area contributed by atoms with Crippen molar-refractivity contribution >= 4 is 10.9 Å². The molecule has 19 heavy (non-hydrogen) atoms. The van der Waals surface area contributed by atoms with Crippen LogP contribution in [0.2, 0.25) is 0 Å². The molecule has 1 unspecified atom stereocenters. The number of rotatable bonds is 7. The van der Waals surface area contributed by atoms with Gasteiger partial charge in [-0.25, -0.2) is 0 Å². The number of benzene rings is 1. The summed E-state index contributed by atoms with van der Waals surface area (Å²) in [6, 6.07) is 8.59. The Hall–Kier alpha value is -1.32. The largest absolute Gasteiger partial charge is 0.380 e. The van der Waals surface area contributed by atoms with Crippen molar-refractivity contribution in [1.82, 2.24) is 9.88 Å². The van der Waals surface area contributed by atoms with Crippen LogP contribution in [0.25, 0.3) is 10.9 Å². The highest BCUT2D eigenvalue weighted by atomic mass is 16.5. The van der Waals surface area contributed by atoms with Crippen molar-refractivity contribution in [3.63, 3.8) is 0 Å². The zero-order valence-electron chi connectivity index (χ0n) is 12.1. The predicted molar refractivity (Wildman–Crippen MR) is 80.4 cm³/mol. The van der Waals surface area contributed by atoms with Crippen molar-refractivity contribution in [2.45, 2.75) is 39.5 Å². The Balaban J connectivity index is 2.26. The van der Waals surface area contributed by atoms with Crippen LogP contribution < -0.4 is 5.32 Å². The summed E-state index contributed by atoms with van der Waals surface area (Å²) in [6.07, 6.45) is 3.65. The number of ether oxygens (including phenoxy) is 1. The second-order valence-corrected chi connectivity index (χ2v) is 5.05. The molecule has 1 atom stereocenters. The zero-order valence-corrected chi connectivity index (χ0v) is 12.1. The van der Waals surface area contributed by atoms with Gasteiger partial charge in [0.1, 0.15) is 0 Å². The van der Waals surface area contributed by atoms with Gasteiger partial charge >= 0.3 is 0 Å². The van der Waals surface area contributed by atoms with Crippen LogP contribution >= 0.6 is 0 Å². The first kappa shape index (κ1) is 14.1. The lowest BCUT2D eigenvalue weighted by atomic mass is 10.2. The smallest absolute Gasteiger partial charge is 0.0722 e. The average molecular weight is 260 g/mol. The molecule has 1 aromatic carbocycles. The summed E-state index contributed by atoms with van der Waals surface area (Å²) in [6.45, 7) is 7.18. The summed E-state index contributed by atoms with van der Waals surface area (Å²) in [4.78, 5) is 0. The molecule has 0 amide bonds. The molecular formula is C16H24N2O. The standard InChI is InChI=1S/C16H24N2O/c1-4-9-17-10-14-12-18(11-13(2)19-3)16-8-6-5-7-15(14)16/h5-8,12-13,17H,4,9-11H2,1-3H3. The molecule has 3 heteroatoms. The lowest BCUT2D eigenvalue weighted by molar-refractivity contribution is 0.104. The Morgan fingerprint density at radius 3 is 2.84 bits per heavy atom. The van der Waals surface area contributed by atoms with Crippen LogP contribution in [-0.4, -0.2) is 24.3 Å². The summed E-state index contributed by atoms with van der Waals surface area (Å²) in [5, 5.41) is 4.82. The molecule has 0 radical (unpaired) electrons. The molecule has 0 aliphatic rings. The van der Waals surface area contributed by atoms with E-state index in [9.17, 15) is 0 Å². The van der Waals surface area contributed by atoms with Gasteiger partial charge in [0.2, 0.25) is 0 Å². The number of para-hydroxylation sites is 1. The molecule has 1 N–H and O–H groups in total. The number of hydrogen-bond donors (Lipinski definition) is 1. The van der Waals surface area contributed by atoms with Crippen LogP contribution in [0.15, 0.2) is 30.5 Å². The zero-order chi connectivity index (χ0) is 13.7. The van der Waals surface area contributed by atoms with E-state index in [1.165, 1.54) is 22.9 Å². The first-order chi connectivity index (χ1) is 9.26. The molecule has 0 bridgehead atoms. The third kappa shape index (κ3) is 3.37. The Kier molecular flexibility index (Phi) is 5.00. The van der Waals surface area contributed by atoms with Crippen LogP contribution in [-0.2, 0) is 17.8 Å². The van der Waals surface area contributed by atoms with Gasteiger partial charge in [-0.2, -0.15) is 0 Å². The third-order valence-corrected chi connectivity index (χ3v) is 3.47. The van der Waals surface area contributed by atoms with Crippen molar-refractivity contribution in [1.29, 1.82) is 0 Å². The first-order valence-corrected chi connectivity index (χ1v) is 7.06. The minimum atomic E-state index is 0.229. The highest BCUT2D eigenvalue weighted by molar-refractivity contribution is 5.83. The van der Waals surface area contributed by atoms with E-state index in [1.54, 1.807) is 7.11 Å². The molecule has 1 aromatic heterocycles. The van der Waals surface area contributed by atoms with Crippen LogP contribution in [0.3, 0.4) is 0 Å². The van der Waals surface area contributed by atoms with Gasteiger partial charge in [0.15, 0.2) is 0 Å². The van der Waals surface area contributed by atoms with Crippen molar-refractivity contribution < 1.29 is 4.74 Å². The molecule has 0 saturated carbocycles. The lowest BCUT2D eigenvalue weighted by Crippen LogP contribution is -2.15. The first-order valence-electron chi connectivity index (χ1n) is 7.06. The molecule has 0 aliphatic carbocycles. The number of methoxy groups -OCH3 is 1. The van der Waals surface area contributed by atoms with E-state index in [0.29, 0.717) is 0 Å². The molecular weight excluding hydrogens is 236 g/mol.